The number of aromatic nitrogens is 3. The molecular formula is C13H19N5O3S. The molecule has 0 aliphatic carbocycles. The molecule has 2 aromatic rings. The number of nitrogens with zero attached hydrogens (tertiary/aromatic N) is 5. The summed E-state index contributed by atoms with van der Waals surface area (Å²) in [6.07, 6.45) is 2.94. The van der Waals surface area contributed by atoms with E-state index in [1.54, 1.807) is 18.3 Å². The van der Waals surface area contributed by atoms with E-state index in [1.165, 1.54) is 19.6 Å². The standard InChI is InChI=1S/C13H19N5O3S/c1-22(20,21)16-9-6-15(7-10-16)8-11-18-13(19)17-5-3-2-4-12(17)14-18/h2-5H,6-11H2,1H3. The molecule has 2 aromatic heterocycles. The van der Waals surface area contributed by atoms with E-state index in [0.29, 0.717) is 44.9 Å². The fourth-order valence-corrected chi connectivity index (χ4v) is 3.46. The molecule has 120 valence electrons. The summed E-state index contributed by atoms with van der Waals surface area (Å²) in [6, 6.07) is 5.43. The lowest BCUT2D eigenvalue weighted by molar-refractivity contribution is 0.181. The quantitative estimate of drug-likeness (QED) is 0.726. The van der Waals surface area contributed by atoms with Gasteiger partial charge in [0, 0.05) is 38.9 Å². The Morgan fingerprint density at radius 2 is 1.86 bits per heavy atom. The minimum atomic E-state index is -3.10. The molecule has 1 saturated heterocycles. The van der Waals surface area contributed by atoms with Crippen LogP contribution in [0.1, 0.15) is 0 Å². The van der Waals surface area contributed by atoms with Crippen LogP contribution in [0.3, 0.4) is 0 Å². The molecule has 1 aliphatic rings. The summed E-state index contributed by atoms with van der Waals surface area (Å²) in [5, 5.41) is 4.29. The van der Waals surface area contributed by atoms with Crippen molar-refractivity contribution in [2.24, 2.45) is 0 Å². The average molecular weight is 325 g/mol. The van der Waals surface area contributed by atoms with Gasteiger partial charge in [-0.05, 0) is 12.1 Å². The highest BCUT2D eigenvalue weighted by molar-refractivity contribution is 7.88. The number of rotatable bonds is 4. The molecule has 22 heavy (non-hydrogen) atoms. The first kappa shape index (κ1) is 15.2. The third-order valence-corrected chi connectivity index (χ3v) is 5.22. The molecule has 0 N–H and O–H groups in total. The van der Waals surface area contributed by atoms with Gasteiger partial charge in [0.05, 0.1) is 12.8 Å². The normalized spacial score (nSPS) is 18.0. The zero-order valence-electron chi connectivity index (χ0n) is 12.4. The second-order valence-corrected chi connectivity index (χ2v) is 7.42. The van der Waals surface area contributed by atoms with Gasteiger partial charge in [-0.3, -0.25) is 9.30 Å². The zero-order chi connectivity index (χ0) is 15.7. The van der Waals surface area contributed by atoms with Crippen LogP contribution < -0.4 is 5.69 Å². The molecule has 1 fully saturated rings. The van der Waals surface area contributed by atoms with Crippen LogP contribution in [0.4, 0.5) is 0 Å². The van der Waals surface area contributed by atoms with Gasteiger partial charge in [0.15, 0.2) is 5.65 Å². The van der Waals surface area contributed by atoms with Gasteiger partial charge in [0.25, 0.3) is 0 Å². The smallest absolute Gasteiger partial charge is 0.299 e. The zero-order valence-corrected chi connectivity index (χ0v) is 13.2. The summed E-state index contributed by atoms with van der Waals surface area (Å²) >= 11 is 0. The number of hydrogen-bond acceptors (Lipinski definition) is 5. The SMILES string of the molecule is CS(=O)(=O)N1CCN(CCn2nc3ccccn3c2=O)CC1. The first-order valence-corrected chi connectivity index (χ1v) is 9.02. The third kappa shape index (κ3) is 3.06. The maximum atomic E-state index is 12.1. The molecule has 0 saturated carbocycles. The fraction of sp³-hybridized carbons (Fsp3) is 0.538. The van der Waals surface area contributed by atoms with Crippen molar-refractivity contribution in [2.75, 3.05) is 39.0 Å². The molecular weight excluding hydrogens is 306 g/mol. The maximum absolute atomic E-state index is 12.1. The number of fused-ring (bicyclic) bond motifs is 1. The Labute approximate surface area is 128 Å². The summed E-state index contributed by atoms with van der Waals surface area (Å²) < 4.78 is 27.4. The minimum Gasteiger partial charge on any atom is -0.299 e. The van der Waals surface area contributed by atoms with Gasteiger partial charge in [-0.15, -0.1) is 5.10 Å². The number of sulfonamides is 1. The van der Waals surface area contributed by atoms with Crippen molar-refractivity contribution in [3.63, 3.8) is 0 Å². The second-order valence-electron chi connectivity index (χ2n) is 5.44. The molecule has 8 nitrogen and oxygen atoms in total. The van der Waals surface area contributed by atoms with Crippen molar-refractivity contribution >= 4 is 15.7 Å². The summed E-state index contributed by atoms with van der Waals surface area (Å²) in [6.45, 7) is 3.53. The lowest BCUT2D eigenvalue weighted by atomic mass is 10.3. The van der Waals surface area contributed by atoms with Gasteiger partial charge in [0.1, 0.15) is 0 Å². The average Bonchev–Trinajstić information content (AvgIpc) is 2.82. The topological polar surface area (TPSA) is 79.9 Å². The molecule has 3 rings (SSSR count). The van der Waals surface area contributed by atoms with Gasteiger partial charge in [0.2, 0.25) is 10.0 Å². The Morgan fingerprint density at radius 3 is 2.50 bits per heavy atom. The van der Waals surface area contributed by atoms with Crippen molar-refractivity contribution in [1.82, 2.24) is 23.4 Å². The summed E-state index contributed by atoms with van der Waals surface area (Å²) in [7, 11) is -3.10. The molecule has 0 aromatic carbocycles. The Kier molecular flexibility index (Phi) is 4.02. The molecule has 0 radical (unpaired) electrons. The molecule has 3 heterocycles. The van der Waals surface area contributed by atoms with E-state index in [2.05, 4.69) is 10.00 Å². The van der Waals surface area contributed by atoms with Crippen LogP contribution >= 0.6 is 0 Å². The molecule has 0 amide bonds. The fourth-order valence-electron chi connectivity index (χ4n) is 2.63. The minimum absolute atomic E-state index is 0.148. The summed E-state index contributed by atoms with van der Waals surface area (Å²) in [5.74, 6) is 0. The Morgan fingerprint density at radius 1 is 1.14 bits per heavy atom. The lowest BCUT2D eigenvalue weighted by Gasteiger charge is -2.32. The highest BCUT2D eigenvalue weighted by Crippen LogP contribution is 2.05. The van der Waals surface area contributed by atoms with Crippen LogP contribution in [0, 0.1) is 0 Å². The van der Waals surface area contributed by atoms with Crippen LogP contribution in [-0.2, 0) is 16.6 Å². The van der Waals surface area contributed by atoms with E-state index in [4.69, 9.17) is 0 Å². The van der Waals surface area contributed by atoms with Crippen LogP contribution in [0.2, 0.25) is 0 Å². The summed E-state index contributed by atoms with van der Waals surface area (Å²) in [4.78, 5) is 14.3. The van der Waals surface area contributed by atoms with Gasteiger partial charge in [-0.2, -0.15) is 4.31 Å². The predicted octanol–water partition coefficient (Wildman–Crippen LogP) is -0.927. The highest BCUT2D eigenvalue weighted by Gasteiger charge is 2.23. The Bertz CT molecular complexity index is 818. The van der Waals surface area contributed by atoms with Crippen molar-refractivity contribution in [1.29, 1.82) is 0 Å². The van der Waals surface area contributed by atoms with Crippen LogP contribution in [0.25, 0.3) is 5.65 Å². The molecule has 0 unspecified atom stereocenters. The molecule has 0 spiro atoms. The lowest BCUT2D eigenvalue weighted by Crippen LogP contribution is -2.49. The Hall–Kier alpha value is -1.71. The number of pyridine rings is 1. The van der Waals surface area contributed by atoms with Crippen LogP contribution in [0.5, 0.6) is 0 Å². The number of piperazine rings is 1. The molecule has 1 aliphatic heterocycles. The summed E-state index contributed by atoms with van der Waals surface area (Å²) in [5.41, 5.74) is 0.486. The maximum Gasteiger partial charge on any atom is 0.350 e. The van der Waals surface area contributed by atoms with E-state index in [1.807, 2.05) is 6.07 Å². The van der Waals surface area contributed by atoms with E-state index < -0.39 is 10.0 Å². The van der Waals surface area contributed by atoms with Gasteiger partial charge >= 0.3 is 5.69 Å². The van der Waals surface area contributed by atoms with Gasteiger partial charge in [-0.1, -0.05) is 6.07 Å². The largest absolute Gasteiger partial charge is 0.350 e. The number of hydrogen-bond donors (Lipinski definition) is 0. The molecule has 0 bridgehead atoms. The molecule has 9 heteroatoms. The first-order valence-electron chi connectivity index (χ1n) is 7.17. The van der Waals surface area contributed by atoms with Crippen molar-refractivity contribution in [3.8, 4) is 0 Å². The van der Waals surface area contributed by atoms with Gasteiger partial charge in [-0.25, -0.2) is 17.9 Å². The van der Waals surface area contributed by atoms with E-state index in [9.17, 15) is 13.2 Å². The van der Waals surface area contributed by atoms with E-state index in [-0.39, 0.29) is 5.69 Å². The van der Waals surface area contributed by atoms with Crippen molar-refractivity contribution < 1.29 is 8.42 Å². The second kappa shape index (κ2) is 5.82. The third-order valence-electron chi connectivity index (χ3n) is 3.92. The van der Waals surface area contributed by atoms with Crippen molar-refractivity contribution in [2.45, 2.75) is 6.54 Å². The first-order chi connectivity index (χ1) is 10.4. The van der Waals surface area contributed by atoms with E-state index in [0.717, 1.165) is 0 Å². The van der Waals surface area contributed by atoms with Gasteiger partial charge < -0.3 is 0 Å². The van der Waals surface area contributed by atoms with Crippen LogP contribution in [-0.4, -0.2) is 70.8 Å². The van der Waals surface area contributed by atoms with E-state index >= 15 is 0 Å². The predicted molar refractivity (Wildman–Crippen MR) is 82.3 cm³/mol. The van der Waals surface area contributed by atoms with Crippen LogP contribution in [0.15, 0.2) is 29.2 Å². The Balaban J connectivity index is 1.61. The monoisotopic (exact) mass is 325 g/mol. The molecule has 0 atom stereocenters. The van der Waals surface area contributed by atoms with Crippen molar-refractivity contribution in [3.05, 3.63) is 34.9 Å². The highest BCUT2D eigenvalue weighted by atomic mass is 32.2.